The Labute approximate surface area is 113 Å². The number of rotatable bonds is 3. The molecule has 0 saturated heterocycles. The third-order valence-electron chi connectivity index (χ3n) is 2.90. The van der Waals surface area contributed by atoms with E-state index >= 15 is 0 Å². The van der Waals surface area contributed by atoms with Gasteiger partial charge in [0.05, 0.1) is 5.69 Å². The maximum Gasteiger partial charge on any atom is 0.223 e. The summed E-state index contributed by atoms with van der Waals surface area (Å²) in [5.41, 5.74) is 8.58. The van der Waals surface area contributed by atoms with Gasteiger partial charge in [0, 0.05) is 12.1 Å². The number of aromatic nitrogens is 5. The Kier molecular flexibility index (Phi) is 3.18. The van der Waals surface area contributed by atoms with E-state index in [9.17, 15) is 4.39 Å². The highest BCUT2D eigenvalue weighted by Crippen LogP contribution is 2.23. The van der Waals surface area contributed by atoms with Crippen LogP contribution < -0.4 is 5.73 Å². The summed E-state index contributed by atoms with van der Waals surface area (Å²) in [6, 6.07) is 9.81. The number of hydrogen-bond donors (Lipinski definition) is 2. The van der Waals surface area contributed by atoms with Gasteiger partial charge in [0.25, 0.3) is 0 Å². The summed E-state index contributed by atoms with van der Waals surface area (Å²) in [5.74, 6) is 0.0973. The third-order valence-corrected chi connectivity index (χ3v) is 2.90. The number of nitrogens with zero attached hydrogens (tertiary/aromatic N) is 4. The van der Waals surface area contributed by atoms with Gasteiger partial charge >= 0.3 is 0 Å². The number of benzene rings is 1. The molecule has 0 aliphatic heterocycles. The van der Waals surface area contributed by atoms with Crippen LogP contribution in [0, 0.1) is 5.82 Å². The van der Waals surface area contributed by atoms with Gasteiger partial charge in [-0.05, 0) is 41.1 Å². The number of tetrazole rings is 1. The number of pyridine rings is 1. The van der Waals surface area contributed by atoms with Crippen LogP contribution in [0.5, 0.6) is 0 Å². The van der Waals surface area contributed by atoms with Crippen molar-refractivity contribution in [2.24, 2.45) is 5.73 Å². The second kappa shape index (κ2) is 5.14. The quantitative estimate of drug-likeness (QED) is 0.752. The summed E-state index contributed by atoms with van der Waals surface area (Å²) < 4.78 is 13.0. The van der Waals surface area contributed by atoms with Crippen molar-refractivity contribution < 1.29 is 4.39 Å². The van der Waals surface area contributed by atoms with E-state index in [1.54, 1.807) is 12.1 Å². The van der Waals surface area contributed by atoms with Gasteiger partial charge in [-0.1, -0.05) is 6.07 Å². The van der Waals surface area contributed by atoms with Crippen LogP contribution in [0.1, 0.15) is 5.56 Å². The van der Waals surface area contributed by atoms with Gasteiger partial charge < -0.3 is 5.73 Å². The van der Waals surface area contributed by atoms with Crippen LogP contribution in [-0.4, -0.2) is 25.6 Å². The fraction of sp³-hybridized carbons (Fsp3) is 0.0769. The molecule has 3 aromatic rings. The molecule has 100 valence electrons. The first-order valence-corrected chi connectivity index (χ1v) is 5.97. The molecule has 0 bridgehead atoms. The molecule has 3 N–H and O–H groups in total. The van der Waals surface area contributed by atoms with Gasteiger partial charge in [0.15, 0.2) is 0 Å². The molecule has 0 aliphatic carbocycles. The number of halogens is 1. The Morgan fingerprint density at radius 2 is 1.90 bits per heavy atom. The molecule has 0 unspecified atom stereocenters. The normalized spacial score (nSPS) is 10.7. The highest BCUT2D eigenvalue weighted by molar-refractivity contribution is 5.65. The lowest BCUT2D eigenvalue weighted by molar-refractivity contribution is 0.628. The summed E-state index contributed by atoms with van der Waals surface area (Å²) in [6.07, 6.45) is 0. The zero-order chi connectivity index (χ0) is 13.9. The van der Waals surface area contributed by atoms with E-state index in [-0.39, 0.29) is 5.82 Å². The molecule has 0 radical (unpaired) electrons. The molecular formula is C13H11FN6. The van der Waals surface area contributed by atoms with Crippen LogP contribution in [0.15, 0.2) is 36.4 Å². The van der Waals surface area contributed by atoms with E-state index in [0.29, 0.717) is 23.8 Å². The summed E-state index contributed by atoms with van der Waals surface area (Å²) in [7, 11) is 0. The molecule has 0 aliphatic rings. The summed E-state index contributed by atoms with van der Waals surface area (Å²) in [4.78, 5) is 4.50. The average molecular weight is 270 g/mol. The third kappa shape index (κ3) is 2.26. The van der Waals surface area contributed by atoms with Crippen molar-refractivity contribution in [2.75, 3.05) is 0 Å². The van der Waals surface area contributed by atoms with Crippen LogP contribution in [0.25, 0.3) is 22.8 Å². The Balaban J connectivity index is 2.10. The van der Waals surface area contributed by atoms with Gasteiger partial charge in [0.1, 0.15) is 11.5 Å². The van der Waals surface area contributed by atoms with E-state index in [1.165, 1.54) is 12.1 Å². The van der Waals surface area contributed by atoms with Crippen molar-refractivity contribution in [1.29, 1.82) is 0 Å². The minimum Gasteiger partial charge on any atom is -0.326 e. The number of aromatic amines is 1. The molecule has 7 heteroatoms. The van der Waals surface area contributed by atoms with Gasteiger partial charge in [-0.15, -0.1) is 10.2 Å². The van der Waals surface area contributed by atoms with E-state index in [4.69, 9.17) is 5.73 Å². The largest absolute Gasteiger partial charge is 0.326 e. The molecule has 0 fully saturated rings. The highest BCUT2D eigenvalue weighted by Gasteiger charge is 2.12. The average Bonchev–Trinajstić information content (AvgIpc) is 3.01. The van der Waals surface area contributed by atoms with Gasteiger partial charge in [0.2, 0.25) is 5.82 Å². The first-order chi connectivity index (χ1) is 9.78. The van der Waals surface area contributed by atoms with Crippen molar-refractivity contribution in [1.82, 2.24) is 25.6 Å². The second-order valence-electron chi connectivity index (χ2n) is 4.15. The molecule has 0 saturated carbocycles. The Morgan fingerprint density at radius 3 is 2.55 bits per heavy atom. The van der Waals surface area contributed by atoms with Crippen LogP contribution in [0.3, 0.4) is 0 Å². The number of nitrogens with two attached hydrogens (primary N) is 1. The zero-order valence-corrected chi connectivity index (χ0v) is 10.4. The molecule has 0 spiro atoms. The predicted octanol–water partition coefficient (Wildman–Crippen LogP) is 1.53. The lowest BCUT2D eigenvalue weighted by atomic mass is 10.1. The summed E-state index contributed by atoms with van der Waals surface area (Å²) >= 11 is 0. The lowest BCUT2D eigenvalue weighted by Gasteiger charge is -2.07. The van der Waals surface area contributed by atoms with Crippen molar-refractivity contribution >= 4 is 0 Å². The van der Waals surface area contributed by atoms with Crippen molar-refractivity contribution in [3.63, 3.8) is 0 Å². The Morgan fingerprint density at radius 1 is 1.10 bits per heavy atom. The molecule has 20 heavy (non-hydrogen) atoms. The number of nitrogens with one attached hydrogen (secondary N) is 1. The maximum atomic E-state index is 13.0. The van der Waals surface area contributed by atoms with Crippen molar-refractivity contribution in [2.45, 2.75) is 6.54 Å². The molecule has 1 aromatic carbocycles. The Bertz CT molecular complexity index is 708. The topological polar surface area (TPSA) is 93.4 Å². The van der Waals surface area contributed by atoms with Gasteiger partial charge in [-0.25, -0.2) is 9.37 Å². The minimum atomic E-state index is -0.286. The zero-order valence-electron chi connectivity index (χ0n) is 10.4. The van der Waals surface area contributed by atoms with E-state index in [1.807, 2.05) is 12.1 Å². The first kappa shape index (κ1) is 12.4. The molecular weight excluding hydrogens is 259 g/mol. The molecule has 2 heterocycles. The van der Waals surface area contributed by atoms with Gasteiger partial charge in [-0.3, -0.25) is 0 Å². The van der Waals surface area contributed by atoms with Crippen LogP contribution in [-0.2, 0) is 6.54 Å². The van der Waals surface area contributed by atoms with Gasteiger partial charge in [-0.2, -0.15) is 5.21 Å². The second-order valence-corrected chi connectivity index (χ2v) is 4.15. The molecule has 0 amide bonds. The standard InChI is InChI=1S/C13H11FN6/c14-10-4-1-8(2-5-10)11-6-3-9(7-15)12(16-11)13-17-19-20-18-13/h1-6H,7,15H2,(H,17,18,19,20). The van der Waals surface area contributed by atoms with Crippen LogP contribution in [0.4, 0.5) is 4.39 Å². The summed E-state index contributed by atoms with van der Waals surface area (Å²) in [5, 5.41) is 13.7. The van der Waals surface area contributed by atoms with E-state index in [0.717, 1.165) is 11.1 Å². The van der Waals surface area contributed by atoms with E-state index < -0.39 is 0 Å². The van der Waals surface area contributed by atoms with Crippen molar-refractivity contribution in [3.05, 3.63) is 47.8 Å². The number of hydrogen-bond acceptors (Lipinski definition) is 5. The van der Waals surface area contributed by atoms with Crippen molar-refractivity contribution in [3.8, 4) is 22.8 Å². The Hall–Kier alpha value is -2.67. The van der Waals surface area contributed by atoms with Crippen LogP contribution >= 0.6 is 0 Å². The monoisotopic (exact) mass is 270 g/mol. The predicted molar refractivity (Wildman–Crippen MR) is 70.7 cm³/mol. The SMILES string of the molecule is NCc1ccc(-c2ccc(F)cc2)nc1-c1nn[nH]n1. The molecule has 3 rings (SSSR count). The highest BCUT2D eigenvalue weighted by atomic mass is 19.1. The fourth-order valence-electron chi connectivity index (χ4n) is 1.89. The molecule has 6 nitrogen and oxygen atoms in total. The maximum absolute atomic E-state index is 13.0. The van der Waals surface area contributed by atoms with Crippen LogP contribution in [0.2, 0.25) is 0 Å². The fourth-order valence-corrected chi connectivity index (χ4v) is 1.89. The molecule has 0 atom stereocenters. The smallest absolute Gasteiger partial charge is 0.223 e. The first-order valence-electron chi connectivity index (χ1n) is 5.97. The summed E-state index contributed by atoms with van der Waals surface area (Å²) in [6.45, 7) is 0.320. The van der Waals surface area contributed by atoms with E-state index in [2.05, 4.69) is 25.6 Å². The number of H-pyrrole nitrogens is 1. The minimum absolute atomic E-state index is 0.286. The molecule has 2 aromatic heterocycles. The lowest BCUT2D eigenvalue weighted by Crippen LogP contribution is -2.02.